The summed E-state index contributed by atoms with van der Waals surface area (Å²) in [7, 11) is -2.62. The lowest BCUT2D eigenvalue weighted by molar-refractivity contribution is -0.0914. The molecule has 140 valence electrons. The molecule has 2 heterocycles. The Bertz CT molecular complexity index is 865. The first-order chi connectivity index (χ1) is 11.9. The molecule has 1 atom stereocenters. The van der Waals surface area contributed by atoms with Gasteiger partial charge in [0.15, 0.2) is 11.5 Å². The molecule has 2 rings (SSSR count). The Morgan fingerprint density at radius 3 is 2.56 bits per heavy atom. The Labute approximate surface area is 148 Å². The molecule has 0 radical (unpaired) electrons. The minimum Gasteiger partial charge on any atom is -0.371 e. The third-order valence-electron chi connectivity index (χ3n) is 4.77. The number of fused-ring (bicyclic) bond motifs is 1. The number of nitrogens with one attached hydrogen (secondary N) is 1. The van der Waals surface area contributed by atoms with Gasteiger partial charge in [0, 0.05) is 7.05 Å². The first-order valence-corrected chi connectivity index (χ1v) is 9.76. The zero-order valence-electron chi connectivity index (χ0n) is 16.4. The molecular formula is C15H26N5O4P. The van der Waals surface area contributed by atoms with Crippen LogP contribution in [0.3, 0.4) is 0 Å². The lowest BCUT2D eigenvalue weighted by Crippen LogP contribution is -2.51. The molecule has 0 aliphatic carbocycles. The summed E-state index contributed by atoms with van der Waals surface area (Å²) in [6.07, 6.45) is -0.265. The number of imidazole rings is 1. The number of hydrogen-bond acceptors (Lipinski definition) is 6. The van der Waals surface area contributed by atoms with Gasteiger partial charge in [-0.2, -0.15) is 0 Å². The molecule has 0 aromatic carbocycles. The fourth-order valence-corrected chi connectivity index (χ4v) is 3.15. The van der Waals surface area contributed by atoms with Crippen LogP contribution in [-0.4, -0.2) is 48.3 Å². The van der Waals surface area contributed by atoms with Crippen LogP contribution in [0.4, 0.5) is 5.82 Å². The Hall–Kier alpha value is -1.54. The third kappa shape index (κ3) is 3.69. The van der Waals surface area contributed by atoms with E-state index in [1.165, 1.54) is 0 Å². The van der Waals surface area contributed by atoms with Gasteiger partial charge in [-0.15, -0.1) is 0 Å². The minimum absolute atomic E-state index is 0.0270. The highest BCUT2D eigenvalue weighted by Crippen LogP contribution is 2.42. The van der Waals surface area contributed by atoms with Crippen molar-refractivity contribution in [3.63, 3.8) is 0 Å². The second-order valence-electron chi connectivity index (χ2n) is 6.67. The average Bonchev–Trinajstić information content (AvgIpc) is 2.87. The van der Waals surface area contributed by atoms with Crippen molar-refractivity contribution < 1.29 is 20.5 Å². The molecule has 0 bridgehead atoms. The summed E-state index contributed by atoms with van der Waals surface area (Å²) in [5.74, 6) is 1.04. The number of rotatable bonds is 7. The molecule has 9 nitrogen and oxygen atoms in total. The molecule has 0 unspecified atom stereocenters. The van der Waals surface area contributed by atoms with Gasteiger partial charge in [0.25, 0.3) is 0 Å². The fraction of sp³-hybridized carbons (Fsp3) is 0.667. The van der Waals surface area contributed by atoms with Crippen molar-refractivity contribution in [1.29, 1.82) is 0 Å². The second-order valence-corrected chi connectivity index (χ2v) is 8.26. The maximum Gasteiger partial charge on any atom is 0.351 e. The summed E-state index contributed by atoms with van der Waals surface area (Å²) >= 11 is 0. The average molecular weight is 372 g/mol. The van der Waals surface area contributed by atoms with Crippen molar-refractivity contribution in [1.82, 2.24) is 19.5 Å². The third-order valence-corrected chi connectivity index (χ3v) is 5.23. The predicted molar refractivity (Wildman–Crippen MR) is 95.6 cm³/mol. The van der Waals surface area contributed by atoms with Crippen molar-refractivity contribution >= 4 is 24.6 Å². The van der Waals surface area contributed by atoms with Gasteiger partial charge in [0.1, 0.15) is 19.1 Å². The number of anilines is 1. The van der Waals surface area contributed by atoms with Crippen LogP contribution in [0.25, 0.3) is 11.2 Å². The molecule has 2 aromatic rings. The Balaban J connectivity index is 2.65. The van der Waals surface area contributed by atoms with E-state index in [9.17, 15) is 14.4 Å². The van der Waals surface area contributed by atoms with E-state index in [1.54, 1.807) is 25.5 Å². The molecule has 0 aliphatic rings. The number of ether oxygens (including phenoxy) is 1. The van der Waals surface area contributed by atoms with Crippen LogP contribution >= 0.6 is 7.60 Å². The number of hydrogen-bond donors (Lipinski definition) is 3. The maximum absolute atomic E-state index is 11.3. The summed E-state index contributed by atoms with van der Waals surface area (Å²) < 4.78 is 26.9. The van der Waals surface area contributed by atoms with Crippen LogP contribution in [0, 0.1) is 6.92 Å². The normalized spacial score (nSPS) is 15.9. The highest BCUT2D eigenvalue weighted by Gasteiger charge is 2.44. The zero-order valence-corrected chi connectivity index (χ0v) is 16.3. The summed E-state index contributed by atoms with van der Waals surface area (Å²) in [6.45, 7) is 9.06. The molecule has 0 saturated heterocycles. The summed E-state index contributed by atoms with van der Waals surface area (Å²) in [6, 6.07) is 0. The van der Waals surface area contributed by atoms with Crippen LogP contribution in [-0.2, 0) is 14.8 Å². The minimum atomic E-state index is -4.33. The molecule has 0 amide bonds. The monoisotopic (exact) mass is 372 g/mol. The Morgan fingerprint density at radius 1 is 1.40 bits per heavy atom. The van der Waals surface area contributed by atoms with Crippen molar-refractivity contribution in [2.24, 2.45) is 0 Å². The van der Waals surface area contributed by atoms with Gasteiger partial charge in [-0.05, 0) is 34.1 Å². The molecule has 0 spiro atoms. The topological polar surface area (TPSA) is 122 Å². The molecule has 25 heavy (non-hydrogen) atoms. The van der Waals surface area contributed by atoms with E-state index in [-0.39, 0.29) is 6.30 Å². The number of aryl methyl sites for hydroxylation is 1. The molecular weight excluding hydrogens is 345 g/mol. The molecule has 0 aliphatic heterocycles. The molecule has 0 fully saturated rings. The van der Waals surface area contributed by atoms with E-state index in [1.807, 2.05) is 20.8 Å². The van der Waals surface area contributed by atoms with E-state index in [2.05, 4.69) is 20.3 Å². The van der Waals surface area contributed by atoms with E-state index in [0.717, 1.165) is 0 Å². The lowest BCUT2D eigenvalue weighted by Gasteiger charge is -2.44. The molecule has 10 heteroatoms. The molecule has 2 aromatic heterocycles. The van der Waals surface area contributed by atoms with Crippen molar-refractivity contribution in [2.75, 3.05) is 18.7 Å². The number of aromatic nitrogens is 4. The summed E-state index contributed by atoms with van der Waals surface area (Å²) in [5, 5.41) is 2.96. The van der Waals surface area contributed by atoms with E-state index in [0.29, 0.717) is 29.2 Å². The van der Waals surface area contributed by atoms with Gasteiger partial charge < -0.3 is 24.4 Å². The van der Waals surface area contributed by atoms with E-state index < -0.39 is 25.1 Å². The van der Waals surface area contributed by atoms with Crippen LogP contribution in [0.1, 0.15) is 41.3 Å². The number of nitrogens with zero attached hydrogens (tertiary/aromatic N) is 4. The SMILES string of the molecule is [2H]c1nc2c(NC)nc(C)nc2n1C(C)(C)[C@@](C)(CC)OCP(=O)(O)O. The standard InChI is InChI=1S/C15H26N5O4P/c1-7-15(5,24-9-25(21,22)23)14(3,4)20-8-17-11-12(16-6)18-10(2)19-13(11)20/h8H,7,9H2,1-6H3,(H,16,18,19)(H2,21,22,23)/t15-/m1/s1/i8D. The van der Waals surface area contributed by atoms with Gasteiger partial charge in [-0.1, -0.05) is 6.92 Å². The highest BCUT2D eigenvalue weighted by molar-refractivity contribution is 7.51. The van der Waals surface area contributed by atoms with Crippen LogP contribution < -0.4 is 5.32 Å². The smallest absolute Gasteiger partial charge is 0.351 e. The van der Waals surface area contributed by atoms with Crippen LogP contribution in [0.2, 0.25) is 0 Å². The van der Waals surface area contributed by atoms with Crippen molar-refractivity contribution in [3.05, 3.63) is 12.1 Å². The quantitative estimate of drug-likeness (QED) is 0.633. The van der Waals surface area contributed by atoms with Gasteiger partial charge in [0.2, 0.25) is 0 Å². The zero-order chi connectivity index (χ0) is 19.9. The fourth-order valence-electron chi connectivity index (χ4n) is 2.70. The van der Waals surface area contributed by atoms with Crippen molar-refractivity contribution in [2.45, 2.75) is 52.2 Å². The van der Waals surface area contributed by atoms with Gasteiger partial charge in [-0.3, -0.25) is 4.57 Å². The highest BCUT2D eigenvalue weighted by atomic mass is 31.2. The van der Waals surface area contributed by atoms with Crippen molar-refractivity contribution in [3.8, 4) is 0 Å². The Kier molecular flexibility index (Phi) is 4.85. The Morgan fingerprint density at radius 2 is 2.04 bits per heavy atom. The maximum atomic E-state index is 11.3. The first kappa shape index (κ1) is 18.3. The van der Waals surface area contributed by atoms with E-state index in [4.69, 9.17) is 6.11 Å². The van der Waals surface area contributed by atoms with E-state index >= 15 is 0 Å². The summed E-state index contributed by atoms with van der Waals surface area (Å²) in [4.78, 5) is 31.4. The first-order valence-electron chi connectivity index (χ1n) is 8.46. The lowest BCUT2D eigenvalue weighted by atomic mass is 9.81. The van der Waals surface area contributed by atoms with Gasteiger partial charge in [-0.25, -0.2) is 15.0 Å². The summed E-state index contributed by atoms with van der Waals surface area (Å²) in [5.41, 5.74) is -0.911. The van der Waals surface area contributed by atoms with Gasteiger partial charge in [0.05, 0.1) is 17.4 Å². The second kappa shape index (κ2) is 6.64. The predicted octanol–water partition coefficient (Wildman–Crippen LogP) is 2.23. The molecule has 0 saturated carbocycles. The van der Waals surface area contributed by atoms with Gasteiger partial charge >= 0.3 is 7.60 Å². The molecule has 3 N–H and O–H groups in total. The largest absolute Gasteiger partial charge is 0.371 e. The van der Waals surface area contributed by atoms with Crippen LogP contribution in [0.5, 0.6) is 0 Å². The van der Waals surface area contributed by atoms with Crippen LogP contribution in [0.15, 0.2) is 6.30 Å².